The fourth-order valence-corrected chi connectivity index (χ4v) is 9.10. The van der Waals surface area contributed by atoms with Gasteiger partial charge < -0.3 is 14.2 Å². The van der Waals surface area contributed by atoms with E-state index >= 15 is 0 Å². The van der Waals surface area contributed by atoms with Crippen molar-refractivity contribution in [1.82, 2.24) is 0 Å². The van der Waals surface area contributed by atoms with Gasteiger partial charge in [-0.05, 0) is 25.2 Å². The van der Waals surface area contributed by atoms with E-state index in [1.54, 1.807) is 0 Å². The Balaban J connectivity index is 4.27. The third kappa shape index (κ3) is 53.2. The van der Waals surface area contributed by atoms with Gasteiger partial charge in [0.1, 0.15) is 13.2 Å². The first-order chi connectivity index (χ1) is 31.9. The monoisotopic (exact) mass is 919 g/mol. The normalized spacial score (nSPS) is 12.0. The molecule has 1 atom stereocenters. The standard InChI is InChI=1S/C59H114O6/c1-5-7-9-11-13-15-17-19-22-28-32-36-40-44-48-52-59(62)65-56(53-63-57(60)50-46-42-38-34-30-25-18-16-14-12-10-8-6-2)54-64-58(61)51-47-43-39-35-31-27-24-21-20-23-26-29-33-37-41-45-49-55(3)4/h55-56H,5-54H2,1-4H3/t56-/m1/s1. The maximum Gasteiger partial charge on any atom is 0.306 e. The first kappa shape index (κ1) is 63.4. The molecule has 65 heavy (non-hydrogen) atoms. The van der Waals surface area contributed by atoms with E-state index in [0.29, 0.717) is 19.3 Å². The van der Waals surface area contributed by atoms with Crippen molar-refractivity contribution >= 4 is 17.9 Å². The molecule has 0 aliphatic heterocycles. The Bertz CT molecular complexity index is 980. The SMILES string of the molecule is CCCCCCCCCCCCCCCCCC(=O)O[C@H](COC(=O)CCCCCCCCCCCCCCC)COC(=O)CCCCCCCCCCCCCCCCCCC(C)C. The molecule has 6 nitrogen and oxygen atoms in total. The van der Waals surface area contributed by atoms with Gasteiger partial charge in [0.2, 0.25) is 0 Å². The number of carbonyl (C=O) groups excluding carboxylic acids is 3. The summed E-state index contributed by atoms with van der Waals surface area (Å²) in [7, 11) is 0. The highest BCUT2D eigenvalue weighted by atomic mass is 16.6. The van der Waals surface area contributed by atoms with Crippen LogP contribution in [0, 0.1) is 5.92 Å². The van der Waals surface area contributed by atoms with Gasteiger partial charge in [0, 0.05) is 19.3 Å². The quantitative estimate of drug-likeness (QED) is 0.0344. The van der Waals surface area contributed by atoms with Gasteiger partial charge in [0.25, 0.3) is 0 Å². The van der Waals surface area contributed by atoms with Crippen LogP contribution in [0.3, 0.4) is 0 Å². The lowest BCUT2D eigenvalue weighted by molar-refractivity contribution is -0.167. The van der Waals surface area contributed by atoms with E-state index in [0.717, 1.165) is 63.7 Å². The second-order valence-corrected chi connectivity index (χ2v) is 20.8. The van der Waals surface area contributed by atoms with Crippen molar-refractivity contribution in [2.24, 2.45) is 5.92 Å². The summed E-state index contributed by atoms with van der Waals surface area (Å²) in [6, 6.07) is 0. The number of unbranched alkanes of at least 4 members (excludes halogenated alkanes) is 41. The Morgan fingerprint density at radius 2 is 0.508 bits per heavy atom. The lowest BCUT2D eigenvalue weighted by Gasteiger charge is -2.18. The van der Waals surface area contributed by atoms with Gasteiger partial charge in [-0.1, -0.05) is 297 Å². The minimum Gasteiger partial charge on any atom is -0.462 e. The molecule has 0 radical (unpaired) electrons. The second-order valence-electron chi connectivity index (χ2n) is 20.8. The summed E-state index contributed by atoms with van der Waals surface area (Å²) in [5.74, 6) is 0.0194. The van der Waals surface area contributed by atoms with Crippen LogP contribution in [0.2, 0.25) is 0 Å². The van der Waals surface area contributed by atoms with E-state index in [-0.39, 0.29) is 31.1 Å². The number of ether oxygens (including phenoxy) is 3. The number of rotatable bonds is 54. The topological polar surface area (TPSA) is 78.9 Å². The summed E-state index contributed by atoms with van der Waals surface area (Å²) in [4.78, 5) is 38.1. The molecule has 6 heteroatoms. The number of carbonyl (C=O) groups is 3. The third-order valence-electron chi connectivity index (χ3n) is 13.5. The zero-order valence-electron chi connectivity index (χ0n) is 44.5. The molecule has 0 amide bonds. The number of esters is 3. The first-order valence-corrected chi connectivity index (χ1v) is 29.4. The molecule has 0 N–H and O–H groups in total. The summed E-state index contributed by atoms with van der Waals surface area (Å²) in [5.41, 5.74) is 0. The molecule has 0 saturated carbocycles. The van der Waals surface area contributed by atoms with Gasteiger partial charge in [-0.25, -0.2) is 0 Å². The molecular weight excluding hydrogens is 805 g/mol. The molecule has 0 bridgehead atoms. The van der Waals surface area contributed by atoms with Crippen molar-refractivity contribution < 1.29 is 28.6 Å². The maximum atomic E-state index is 12.8. The summed E-state index contributed by atoms with van der Waals surface area (Å²) in [6.45, 7) is 9.07. The van der Waals surface area contributed by atoms with E-state index in [1.165, 1.54) is 231 Å². The van der Waals surface area contributed by atoms with Crippen LogP contribution in [0.5, 0.6) is 0 Å². The van der Waals surface area contributed by atoms with E-state index in [9.17, 15) is 14.4 Å². The third-order valence-corrected chi connectivity index (χ3v) is 13.5. The van der Waals surface area contributed by atoms with Crippen LogP contribution in [-0.4, -0.2) is 37.2 Å². The van der Waals surface area contributed by atoms with E-state index in [4.69, 9.17) is 14.2 Å². The highest BCUT2D eigenvalue weighted by Crippen LogP contribution is 2.18. The smallest absolute Gasteiger partial charge is 0.306 e. The van der Waals surface area contributed by atoms with Gasteiger partial charge in [0.05, 0.1) is 0 Å². The number of hydrogen-bond donors (Lipinski definition) is 0. The average Bonchev–Trinajstić information content (AvgIpc) is 3.29. The van der Waals surface area contributed by atoms with Gasteiger partial charge in [-0.3, -0.25) is 14.4 Å². The largest absolute Gasteiger partial charge is 0.462 e. The molecule has 0 saturated heterocycles. The van der Waals surface area contributed by atoms with Gasteiger partial charge in [0.15, 0.2) is 6.10 Å². The van der Waals surface area contributed by atoms with E-state index in [1.807, 2.05) is 0 Å². The Morgan fingerprint density at radius 3 is 0.754 bits per heavy atom. The Labute approximate surface area is 406 Å². The molecule has 386 valence electrons. The first-order valence-electron chi connectivity index (χ1n) is 29.4. The van der Waals surface area contributed by atoms with Gasteiger partial charge in [-0.2, -0.15) is 0 Å². The Morgan fingerprint density at radius 1 is 0.292 bits per heavy atom. The molecule has 0 aromatic rings. The van der Waals surface area contributed by atoms with E-state index < -0.39 is 6.10 Å². The molecule has 0 spiro atoms. The second kappa shape index (κ2) is 53.4. The molecular formula is C59H114O6. The van der Waals surface area contributed by atoms with Crippen molar-refractivity contribution in [2.45, 2.75) is 342 Å². The lowest BCUT2D eigenvalue weighted by Crippen LogP contribution is -2.30. The fourth-order valence-electron chi connectivity index (χ4n) is 9.10. The molecule has 0 rings (SSSR count). The summed E-state index contributed by atoms with van der Waals surface area (Å²) in [6.07, 6.45) is 58.0. The van der Waals surface area contributed by atoms with Crippen molar-refractivity contribution in [2.75, 3.05) is 13.2 Å². The van der Waals surface area contributed by atoms with Crippen LogP contribution >= 0.6 is 0 Å². The van der Waals surface area contributed by atoms with Crippen molar-refractivity contribution in [1.29, 1.82) is 0 Å². The van der Waals surface area contributed by atoms with E-state index in [2.05, 4.69) is 27.7 Å². The Kier molecular flexibility index (Phi) is 52.1. The number of hydrogen-bond acceptors (Lipinski definition) is 6. The zero-order valence-corrected chi connectivity index (χ0v) is 44.5. The van der Waals surface area contributed by atoms with Crippen LogP contribution in [0.1, 0.15) is 336 Å². The van der Waals surface area contributed by atoms with Crippen molar-refractivity contribution in [3.63, 3.8) is 0 Å². The fraction of sp³-hybridized carbons (Fsp3) is 0.949. The average molecular weight is 920 g/mol. The highest BCUT2D eigenvalue weighted by molar-refractivity contribution is 5.71. The van der Waals surface area contributed by atoms with Crippen LogP contribution in [0.4, 0.5) is 0 Å². The summed E-state index contributed by atoms with van der Waals surface area (Å²) in [5, 5.41) is 0. The highest BCUT2D eigenvalue weighted by Gasteiger charge is 2.19. The predicted molar refractivity (Wildman–Crippen MR) is 280 cm³/mol. The molecule has 0 fully saturated rings. The predicted octanol–water partition coefficient (Wildman–Crippen LogP) is 19.4. The van der Waals surface area contributed by atoms with Crippen LogP contribution in [0.15, 0.2) is 0 Å². The van der Waals surface area contributed by atoms with Crippen molar-refractivity contribution in [3.8, 4) is 0 Å². The minimum atomic E-state index is -0.761. The molecule has 0 heterocycles. The molecule has 0 unspecified atom stereocenters. The molecule has 0 aliphatic carbocycles. The van der Waals surface area contributed by atoms with Crippen LogP contribution in [-0.2, 0) is 28.6 Å². The Hall–Kier alpha value is -1.59. The lowest BCUT2D eigenvalue weighted by atomic mass is 10.0. The summed E-state index contributed by atoms with van der Waals surface area (Å²) >= 11 is 0. The zero-order chi connectivity index (χ0) is 47.4. The van der Waals surface area contributed by atoms with Crippen molar-refractivity contribution in [3.05, 3.63) is 0 Å². The molecule has 0 aromatic heterocycles. The summed E-state index contributed by atoms with van der Waals surface area (Å²) < 4.78 is 16.9. The van der Waals surface area contributed by atoms with Crippen LogP contribution < -0.4 is 0 Å². The van der Waals surface area contributed by atoms with Crippen LogP contribution in [0.25, 0.3) is 0 Å². The molecule has 0 aliphatic rings. The maximum absolute atomic E-state index is 12.8. The minimum absolute atomic E-state index is 0.0616. The van der Waals surface area contributed by atoms with Gasteiger partial charge in [-0.15, -0.1) is 0 Å². The van der Waals surface area contributed by atoms with Gasteiger partial charge >= 0.3 is 17.9 Å². The molecule has 0 aromatic carbocycles.